The summed E-state index contributed by atoms with van der Waals surface area (Å²) in [6, 6.07) is 3.56. The Hall–Kier alpha value is -3.17. The molecule has 1 heterocycles. The number of aromatic nitrogens is 1. The summed E-state index contributed by atoms with van der Waals surface area (Å²) in [5.41, 5.74) is -1.08. The fourth-order valence-electron chi connectivity index (χ4n) is 8.13. The first-order valence-electron chi connectivity index (χ1n) is 14.2. The summed E-state index contributed by atoms with van der Waals surface area (Å²) in [5, 5.41) is 26.0. The predicted molar refractivity (Wildman–Crippen MR) is 144 cm³/mol. The van der Waals surface area contributed by atoms with Crippen molar-refractivity contribution >= 4 is 23.4 Å². The lowest BCUT2D eigenvalue weighted by Gasteiger charge is -2.59. The molecule has 0 spiro atoms. The zero-order chi connectivity index (χ0) is 28.7. The molecule has 5 rings (SSSR count). The van der Waals surface area contributed by atoms with Crippen LogP contribution in [-0.4, -0.2) is 57.0 Å². The predicted octanol–water partition coefficient (Wildman–Crippen LogP) is 2.60. The van der Waals surface area contributed by atoms with E-state index in [1.54, 1.807) is 36.7 Å². The third-order valence-electron chi connectivity index (χ3n) is 10.3. The molecule has 0 aliphatic heterocycles. The van der Waals surface area contributed by atoms with E-state index in [1.807, 2.05) is 13.0 Å². The number of esters is 1. The van der Waals surface area contributed by atoms with Crippen molar-refractivity contribution in [2.75, 3.05) is 6.61 Å². The molecule has 7 atom stereocenters. The van der Waals surface area contributed by atoms with Gasteiger partial charge in [-0.05, 0) is 73.8 Å². The van der Waals surface area contributed by atoms with Crippen LogP contribution in [0.2, 0.25) is 0 Å². The van der Waals surface area contributed by atoms with E-state index in [9.17, 15) is 29.4 Å². The molecule has 4 aliphatic carbocycles. The van der Waals surface area contributed by atoms with E-state index in [0.29, 0.717) is 13.0 Å². The first-order chi connectivity index (χ1) is 19.0. The van der Waals surface area contributed by atoms with Crippen molar-refractivity contribution in [2.45, 2.75) is 77.0 Å². The van der Waals surface area contributed by atoms with Gasteiger partial charge in [0.1, 0.15) is 5.60 Å². The number of aliphatic hydroxyl groups is 2. The van der Waals surface area contributed by atoms with E-state index < -0.39 is 40.9 Å². The van der Waals surface area contributed by atoms with Crippen LogP contribution in [0.15, 0.2) is 48.3 Å². The number of hydrogen-bond donors (Lipinski definition) is 3. The Morgan fingerprint density at radius 1 is 1.15 bits per heavy atom. The lowest BCUT2D eigenvalue weighted by Crippen LogP contribution is -2.61. The Kier molecular flexibility index (Phi) is 7.56. The number of pyridine rings is 1. The van der Waals surface area contributed by atoms with Crippen LogP contribution in [0, 0.1) is 28.6 Å². The molecule has 1 aromatic heterocycles. The van der Waals surface area contributed by atoms with Crippen molar-refractivity contribution in [1.29, 1.82) is 0 Å². The number of allylic oxidation sites excluding steroid dienone is 4. The third-order valence-corrected chi connectivity index (χ3v) is 10.3. The minimum atomic E-state index is -1.72. The number of aliphatic hydroxyl groups excluding tert-OH is 1. The van der Waals surface area contributed by atoms with Crippen LogP contribution >= 0.6 is 0 Å². The number of carbonyl (C=O) groups excluding carboxylic acids is 4. The van der Waals surface area contributed by atoms with Gasteiger partial charge in [-0.3, -0.25) is 24.2 Å². The van der Waals surface area contributed by atoms with E-state index in [1.165, 1.54) is 0 Å². The number of nitrogens with zero attached hydrogens (tertiary/aromatic N) is 1. The Labute approximate surface area is 234 Å². The van der Waals surface area contributed by atoms with Gasteiger partial charge in [0.25, 0.3) is 0 Å². The second-order valence-corrected chi connectivity index (χ2v) is 12.3. The first kappa shape index (κ1) is 28.4. The number of carbonyl (C=O) groups is 4. The second kappa shape index (κ2) is 10.7. The van der Waals surface area contributed by atoms with Gasteiger partial charge in [0.2, 0.25) is 11.7 Å². The van der Waals surface area contributed by atoms with Crippen LogP contribution in [0.4, 0.5) is 0 Å². The van der Waals surface area contributed by atoms with Gasteiger partial charge < -0.3 is 20.3 Å². The van der Waals surface area contributed by atoms with E-state index in [0.717, 1.165) is 24.0 Å². The van der Waals surface area contributed by atoms with Crippen molar-refractivity contribution < 1.29 is 34.1 Å². The third kappa shape index (κ3) is 4.83. The standard InChI is InChI=1S/C31H38N2O7/c1-29-11-7-21(34)15-20(29)3-4-22-23-8-12-31(39,30(23,2)16-24(35)28(22)29)25(36)18-40-27(38)6-5-26(37)33-17-19-9-13-32-14-10-19/h7,9-11,13-15,22-24,28,35,39H,3-6,8,12,16-18H2,1-2H3,(H,33,37). The molecule has 3 saturated carbocycles. The zero-order valence-electron chi connectivity index (χ0n) is 23.1. The molecule has 7 unspecified atom stereocenters. The van der Waals surface area contributed by atoms with Gasteiger partial charge in [-0.2, -0.15) is 0 Å². The van der Waals surface area contributed by atoms with E-state index in [4.69, 9.17) is 4.74 Å². The number of hydrogen-bond acceptors (Lipinski definition) is 8. The van der Waals surface area contributed by atoms with Crippen LogP contribution < -0.4 is 5.32 Å². The topological polar surface area (TPSA) is 143 Å². The summed E-state index contributed by atoms with van der Waals surface area (Å²) < 4.78 is 5.20. The Bertz CT molecular complexity index is 1260. The van der Waals surface area contributed by atoms with Crippen molar-refractivity contribution in [1.82, 2.24) is 10.3 Å². The maximum atomic E-state index is 13.4. The molecule has 1 aromatic rings. The van der Waals surface area contributed by atoms with Crippen LogP contribution in [0.5, 0.6) is 0 Å². The van der Waals surface area contributed by atoms with Gasteiger partial charge >= 0.3 is 5.97 Å². The van der Waals surface area contributed by atoms with E-state index in [-0.39, 0.29) is 55.1 Å². The average Bonchev–Trinajstić information content (AvgIpc) is 3.20. The highest BCUT2D eigenvalue weighted by Crippen LogP contribution is 2.67. The van der Waals surface area contributed by atoms with E-state index in [2.05, 4.69) is 17.2 Å². The number of ketones is 2. The number of ether oxygens (including phenoxy) is 1. The maximum Gasteiger partial charge on any atom is 0.306 e. The normalized spacial score (nSPS) is 36.1. The monoisotopic (exact) mass is 550 g/mol. The summed E-state index contributed by atoms with van der Waals surface area (Å²) in [5.74, 6) is -1.59. The summed E-state index contributed by atoms with van der Waals surface area (Å²) in [6.07, 6.45) is 10.1. The Balaban J connectivity index is 1.18. The van der Waals surface area contributed by atoms with Crippen LogP contribution in [0.1, 0.15) is 64.4 Å². The molecule has 1 amide bonds. The number of amides is 1. The quantitative estimate of drug-likeness (QED) is 0.419. The lowest BCUT2D eigenvalue weighted by atomic mass is 9.46. The van der Waals surface area contributed by atoms with Gasteiger partial charge in [0.05, 0.1) is 12.5 Å². The molecule has 3 N–H and O–H groups in total. The lowest BCUT2D eigenvalue weighted by molar-refractivity contribution is -0.181. The molecule has 4 aliphatic rings. The van der Waals surface area contributed by atoms with E-state index >= 15 is 0 Å². The highest BCUT2D eigenvalue weighted by Gasteiger charge is 2.68. The first-order valence-corrected chi connectivity index (χ1v) is 14.2. The molecule has 0 aromatic carbocycles. The average molecular weight is 551 g/mol. The maximum absolute atomic E-state index is 13.4. The number of nitrogens with one attached hydrogen (secondary N) is 1. The molecule has 0 saturated heterocycles. The second-order valence-electron chi connectivity index (χ2n) is 12.3. The molecule has 9 heteroatoms. The smallest absolute Gasteiger partial charge is 0.306 e. The molecule has 0 radical (unpaired) electrons. The molecular formula is C31H38N2O7. The number of Topliss-reactive ketones (excluding diaryl/α,β-unsaturated/α-hetero) is 1. The van der Waals surface area contributed by atoms with Gasteiger partial charge in [-0.25, -0.2) is 0 Å². The fraction of sp³-hybridized carbons (Fsp3) is 0.581. The zero-order valence-corrected chi connectivity index (χ0v) is 23.1. The fourth-order valence-corrected chi connectivity index (χ4v) is 8.13. The molecule has 9 nitrogen and oxygen atoms in total. The van der Waals surface area contributed by atoms with Crippen molar-refractivity contribution in [3.05, 3.63) is 53.9 Å². The van der Waals surface area contributed by atoms with Crippen LogP contribution in [0.3, 0.4) is 0 Å². The largest absolute Gasteiger partial charge is 0.458 e. The minimum Gasteiger partial charge on any atom is -0.458 e. The molecule has 40 heavy (non-hydrogen) atoms. The highest BCUT2D eigenvalue weighted by molar-refractivity contribution is 6.01. The SMILES string of the molecule is CC12C=CC(=O)C=C1CCC1C2C(O)CC2(C)C1CCC2(O)C(=O)COC(=O)CCC(=O)NCc1ccncc1. The molecule has 0 bridgehead atoms. The highest BCUT2D eigenvalue weighted by atomic mass is 16.5. The minimum absolute atomic E-state index is 0.0130. The van der Waals surface area contributed by atoms with Crippen LogP contribution in [-0.2, 0) is 30.5 Å². The summed E-state index contributed by atoms with van der Waals surface area (Å²) in [7, 11) is 0. The summed E-state index contributed by atoms with van der Waals surface area (Å²) in [6.45, 7) is 3.71. The molecule has 3 fully saturated rings. The van der Waals surface area contributed by atoms with Gasteiger partial charge in [-0.15, -0.1) is 0 Å². The summed E-state index contributed by atoms with van der Waals surface area (Å²) in [4.78, 5) is 53.7. The van der Waals surface area contributed by atoms with Crippen molar-refractivity contribution in [3.63, 3.8) is 0 Å². The molecule has 214 valence electrons. The number of rotatable bonds is 8. The Morgan fingerprint density at radius 3 is 2.65 bits per heavy atom. The van der Waals surface area contributed by atoms with Crippen molar-refractivity contribution in [3.8, 4) is 0 Å². The molecular weight excluding hydrogens is 512 g/mol. The Morgan fingerprint density at radius 2 is 1.90 bits per heavy atom. The number of fused-ring (bicyclic) bond motifs is 5. The summed E-state index contributed by atoms with van der Waals surface area (Å²) >= 11 is 0. The van der Waals surface area contributed by atoms with Crippen LogP contribution in [0.25, 0.3) is 0 Å². The van der Waals surface area contributed by atoms with Gasteiger partial charge in [-0.1, -0.05) is 25.5 Å². The van der Waals surface area contributed by atoms with Gasteiger partial charge in [0, 0.05) is 42.1 Å². The van der Waals surface area contributed by atoms with Crippen molar-refractivity contribution in [2.24, 2.45) is 28.6 Å². The van der Waals surface area contributed by atoms with Gasteiger partial charge in [0.15, 0.2) is 12.4 Å².